The fourth-order valence-electron chi connectivity index (χ4n) is 3.15. The van der Waals surface area contributed by atoms with Gasteiger partial charge in [-0.05, 0) is 6.42 Å². The summed E-state index contributed by atoms with van der Waals surface area (Å²) in [5, 5.41) is 11.6. The number of ether oxygens (including phenoxy) is 1. The summed E-state index contributed by atoms with van der Waals surface area (Å²) in [4.78, 5) is 11.5. The second kappa shape index (κ2) is 22.4. The van der Waals surface area contributed by atoms with Gasteiger partial charge in [0.1, 0.15) is 6.61 Å². The Labute approximate surface area is 162 Å². The van der Waals surface area contributed by atoms with Crippen LogP contribution in [0.5, 0.6) is 0 Å². The molecular formula is C22H45NO3. The molecule has 0 fully saturated rings. The third-order valence-corrected chi connectivity index (χ3v) is 4.81. The van der Waals surface area contributed by atoms with E-state index in [4.69, 9.17) is 9.84 Å². The Morgan fingerprint density at radius 2 is 1.19 bits per heavy atom. The minimum atomic E-state index is -0.0921. The minimum absolute atomic E-state index is 0.0921. The molecule has 156 valence electrons. The number of rotatable bonds is 21. The third-order valence-electron chi connectivity index (χ3n) is 4.81. The van der Waals surface area contributed by atoms with Crippen molar-refractivity contribution >= 4 is 5.97 Å². The molecule has 0 rings (SSSR count). The van der Waals surface area contributed by atoms with E-state index in [1.165, 1.54) is 83.5 Å². The summed E-state index contributed by atoms with van der Waals surface area (Å²) in [6, 6.07) is 0. The smallest absolute Gasteiger partial charge is 0.305 e. The summed E-state index contributed by atoms with van der Waals surface area (Å²) in [5.41, 5.74) is 0. The van der Waals surface area contributed by atoms with Crippen molar-refractivity contribution in [1.29, 1.82) is 0 Å². The van der Waals surface area contributed by atoms with Gasteiger partial charge >= 0.3 is 5.97 Å². The van der Waals surface area contributed by atoms with Crippen LogP contribution in [0.3, 0.4) is 0 Å². The fraction of sp³-hybridized carbons (Fsp3) is 0.955. The molecule has 0 saturated carbocycles. The normalized spacial score (nSPS) is 11.0. The van der Waals surface area contributed by atoms with Crippen molar-refractivity contribution in [3.63, 3.8) is 0 Å². The van der Waals surface area contributed by atoms with E-state index >= 15 is 0 Å². The Hall–Kier alpha value is -0.610. The summed E-state index contributed by atoms with van der Waals surface area (Å²) in [7, 11) is 0. The van der Waals surface area contributed by atoms with Crippen LogP contribution in [0.2, 0.25) is 0 Å². The number of esters is 1. The lowest BCUT2D eigenvalue weighted by Crippen LogP contribution is -2.24. The third kappa shape index (κ3) is 21.4. The van der Waals surface area contributed by atoms with Crippen molar-refractivity contribution in [3.05, 3.63) is 0 Å². The van der Waals surface area contributed by atoms with Crippen molar-refractivity contribution in [2.24, 2.45) is 0 Å². The topological polar surface area (TPSA) is 58.6 Å². The van der Waals surface area contributed by atoms with Crippen LogP contribution in [-0.4, -0.2) is 37.4 Å². The maximum atomic E-state index is 11.5. The molecule has 4 nitrogen and oxygen atoms in total. The standard InChI is InChI=1S/C22H45NO3/c1-2-3-4-5-6-7-8-9-10-11-12-13-14-15-16-17-22(25)26-21-19-23-18-20-24/h23-24H,2-21H2,1H3. The first-order valence-corrected chi connectivity index (χ1v) is 11.3. The second-order valence-corrected chi connectivity index (χ2v) is 7.39. The summed E-state index contributed by atoms with van der Waals surface area (Å²) in [5.74, 6) is -0.0921. The van der Waals surface area contributed by atoms with E-state index in [0.29, 0.717) is 26.1 Å². The summed E-state index contributed by atoms with van der Waals surface area (Å²) >= 11 is 0. The van der Waals surface area contributed by atoms with Crippen LogP contribution in [-0.2, 0) is 9.53 Å². The van der Waals surface area contributed by atoms with Crippen molar-refractivity contribution < 1.29 is 14.6 Å². The lowest BCUT2D eigenvalue weighted by Gasteiger charge is -2.06. The molecule has 0 aliphatic heterocycles. The molecule has 2 N–H and O–H groups in total. The number of hydrogen-bond donors (Lipinski definition) is 2. The van der Waals surface area contributed by atoms with E-state index in [1.54, 1.807) is 0 Å². The molecule has 0 atom stereocenters. The Balaban J connectivity index is 3.09. The molecular weight excluding hydrogens is 326 g/mol. The SMILES string of the molecule is CCCCCCCCCCCCCCCCCC(=O)OCCNCCO. The quantitative estimate of drug-likeness (QED) is 0.210. The van der Waals surface area contributed by atoms with E-state index in [9.17, 15) is 4.79 Å². The van der Waals surface area contributed by atoms with E-state index in [2.05, 4.69) is 12.2 Å². The fourth-order valence-corrected chi connectivity index (χ4v) is 3.15. The van der Waals surface area contributed by atoms with Crippen molar-refractivity contribution in [1.82, 2.24) is 5.32 Å². The Morgan fingerprint density at radius 3 is 1.65 bits per heavy atom. The summed E-state index contributed by atoms with van der Waals surface area (Å²) in [6.07, 6.45) is 20.6. The van der Waals surface area contributed by atoms with Crippen LogP contribution in [0.4, 0.5) is 0 Å². The number of carbonyl (C=O) groups is 1. The maximum absolute atomic E-state index is 11.5. The second-order valence-electron chi connectivity index (χ2n) is 7.39. The highest BCUT2D eigenvalue weighted by atomic mass is 16.5. The van der Waals surface area contributed by atoms with Gasteiger partial charge < -0.3 is 15.2 Å². The largest absolute Gasteiger partial charge is 0.464 e. The van der Waals surface area contributed by atoms with Gasteiger partial charge in [0.15, 0.2) is 0 Å². The van der Waals surface area contributed by atoms with Crippen molar-refractivity contribution in [2.75, 3.05) is 26.3 Å². The minimum Gasteiger partial charge on any atom is -0.464 e. The molecule has 26 heavy (non-hydrogen) atoms. The lowest BCUT2D eigenvalue weighted by molar-refractivity contribution is -0.143. The van der Waals surface area contributed by atoms with Gasteiger partial charge in [0.05, 0.1) is 6.61 Å². The Kier molecular flexibility index (Phi) is 21.9. The van der Waals surface area contributed by atoms with Crippen molar-refractivity contribution in [3.8, 4) is 0 Å². The number of nitrogens with one attached hydrogen (secondary N) is 1. The van der Waals surface area contributed by atoms with Gasteiger partial charge in [-0.2, -0.15) is 0 Å². The van der Waals surface area contributed by atoms with Gasteiger partial charge in [0, 0.05) is 19.5 Å². The van der Waals surface area contributed by atoms with Crippen LogP contribution >= 0.6 is 0 Å². The molecule has 0 saturated heterocycles. The molecule has 0 aromatic rings. The van der Waals surface area contributed by atoms with Gasteiger partial charge in [-0.1, -0.05) is 96.8 Å². The van der Waals surface area contributed by atoms with Crippen LogP contribution < -0.4 is 5.32 Å². The first kappa shape index (κ1) is 25.4. The summed E-state index contributed by atoms with van der Waals surface area (Å²) in [6.45, 7) is 3.96. The number of aliphatic hydroxyl groups excluding tert-OH is 1. The van der Waals surface area contributed by atoms with Gasteiger partial charge in [-0.15, -0.1) is 0 Å². The molecule has 0 aliphatic rings. The average Bonchev–Trinajstić information content (AvgIpc) is 2.64. The molecule has 0 aliphatic carbocycles. The van der Waals surface area contributed by atoms with Crippen LogP contribution in [0.25, 0.3) is 0 Å². The molecule has 0 aromatic heterocycles. The number of aliphatic hydroxyl groups is 1. The van der Waals surface area contributed by atoms with Gasteiger partial charge in [-0.25, -0.2) is 0 Å². The number of unbranched alkanes of at least 4 members (excludes halogenated alkanes) is 14. The Bertz CT molecular complexity index is 285. The first-order valence-electron chi connectivity index (χ1n) is 11.3. The molecule has 0 spiro atoms. The Morgan fingerprint density at radius 1 is 0.731 bits per heavy atom. The van der Waals surface area contributed by atoms with Gasteiger partial charge in [-0.3, -0.25) is 4.79 Å². The zero-order valence-electron chi connectivity index (χ0n) is 17.4. The van der Waals surface area contributed by atoms with Crippen LogP contribution in [0.1, 0.15) is 110 Å². The predicted octanol–water partition coefficient (Wildman–Crippen LogP) is 5.37. The lowest BCUT2D eigenvalue weighted by atomic mass is 10.0. The van der Waals surface area contributed by atoms with E-state index < -0.39 is 0 Å². The van der Waals surface area contributed by atoms with E-state index in [-0.39, 0.29) is 12.6 Å². The highest BCUT2D eigenvalue weighted by Crippen LogP contribution is 2.13. The average molecular weight is 372 g/mol. The van der Waals surface area contributed by atoms with E-state index in [1.807, 2.05) is 0 Å². The van der Waals surface area contributed by atoms with Crippen molar-refractivity contribution in [2.45, 2.75) is 110 Å². The van der Waals surface area contributed by atoms with Crippen LogP contribution in [0.15, 0.2) is 0 Å². The molecule has 0 unspecified atom stereocenters. The molecule has 0 heterocycles. The van der Waals surface area contributed by atoms with Gasteiger partial charge in [0.25, 0.3) is 0 Å². The maximum Gasteiger partial charge on any atom is 0.305 e. The molecule has 0 bridgehead atoms. The zero-order valence-corrected chi connectivity index (χ0v) is 17.4. The molecule has 0 radical (unpaired) electrons. The molecule has 0 aromatic carbocycles. The molecule has 0 amide bonds. The predicted molar refractivity (Wildman–Crippen MR) is 110 cm³/mol. The molecule has 4 heteroatoms. The monoisotopic (exact) mass is 371 g/mol. The highest BCUT2D eigenvalue weighted by molar-refractivity contribution is 5.69. The van der Waals surface area contributed by atoms with E-state index in [0.717, 1.165) is 12.8 Å². The van der Waals surface area contributed by atoms with Gasteiger partial charge in [0.2, 0.25) is 0 Å². The zero-order chi connectivity index (χ0) is 19.1. The first-order chi connectivity index (χ1) is 12.8. The van der Waals surface area contributed by atoms with Crippen LogP contribution in [0, 0.1) is 0 Å². The number of carbonyl (C=O) groups excluding carboxylic acids is 1. The number of hydrogen-bond acceptors (Lipinski definition) is 4. The summed E-state index contributed by atoms with van der Waals surface area (Å²) < 4.78 is 5.12. The highest BCUT2D eigenvalue weighted by Gasteiger charge is 2.02.